The van der Waals surface area contributed by atoms with E-state index in [4.69, 9.17) is 24.7 Å². The summed E-state index contributed by atoms with van der Waals surface area (Å²) in [4.78, 5) is 8.74. The van der Waals surface area contributed by atoms with Gasteiger partial charge in [-0.1, -0.05) is 0 Å². The molecule has 0 fully saturated rings. The largest absolute Gasteiger partial charge is 0.493 e. The molecule has 8 nitrogen and oxygen atoms in total. The first-order chi connectivity index (χ1) is 16.6. The van der Waals surface area contributed by atoms with Crippen LogP contribution in [0.3, 0.4) is 0 Å². The van der Waals surface area contributed by atoms with Crippen LogP contribution >= 0.6 is 0 Å². The summed E-state index contributed by atoms with van der Waals surface area (Å²) in [7, 11) is 4.54. The van der Waals surface area contributed by atoms with E-state index in [0.717, 1.165) is 6.07 Å². The summed E-state index contributed by atoms with van der Waals surface area (Å²) in [5.74, 6) is 0.00306. The van der Waals surface area contributed by atoms with Crippen LogP contribution in [0.25, 0.3) is 10.9 Å². The summed E-state index contributed by atoms with van der Waals surface area (Å²) in [6.07, 6.45) is -5.32. The Morgan fingerprint density at radius 3 is 2.29 bits per heavy atom. The number of nitrogens with zero attached hydrogens (tertiary/aromatic N) is 2. The van der Waals surface area contributed by atoms with E-state index in [1.807, 2.05) is 0 Å². The molecule has 3 aromatic rings. The SMILES string of the molecule is COCC(COC)Oc1cc2c(NCc3cc(N)cc(C(F)(F)F)c3F)nc(C)nc2cc1OC. The highest BCUT2D eigenvalue weighted by Gasteiger charge is 2.35. The zero-order valence-electron chi connectivity index (χ0n) is 19.6. The van der Waals surface area contributed by atoms with E-state index in [-0.39, 0.29) is 36.8 Å². The minimum atomic E-state index is -4.88. The van der Waals surface area contributed by atoms with Crippen molar-refractivity contribution in [2.75, 3.05) is 45.6 Å². The Morgan fingerprint density at radius 2 is 1.69 bits per heavy atom. The second-order valence-corrected chi connectivity index (χ2v) is 7.68. The number of anilines is 2. The molecule has 190 valence electrons. The predicted molar refractivity (Wildman–Crippen MR) is 122 cm³/mol. The minimum absolute atomic E-state index is 0.206. The Balaban J connectivity index is 2.01. The molecule has 0 aliphatic carbocycles. The van der Waals surface area contributed by atoms with Gasteiger partial charge in [-0.2, -0.15) is 13.2 Å². The Labute approximate surface area is 199 Å². The molecule has 12 heteroatoms. The van der Waals surface area contributed by atoms with Crippen LogP contribution in [-0.4, -0.2) is 50.6 Å². The van der Waals surface area contributed by atoms with Crippen LogP contribution in [0.2, 0.25) is 0 Å². The second kappa shape index (κ2) is 10.9. The molecule has 0 atom stereocenters. The lowest BCUT2D eigenvalue weighted by atomic mass is 10.1. The quantitative estimate of drug-likeness (QED) is 0.315. The molecule has 2 aromatic carbocycles. The van der Waals surface area contributed by atoms with Crippen molar-refractivity contribution >= 4 is 22.4 Å². The van der Waals surface area contributed by atoms with Crippen molar-refractivity contribution in [1.82, 2.24) is 9.97 Å². The lowest BCUT2D eigenvalue weighted by Gasteiger charge is -2.20. The molecule has 0 saturated heterocycles. The molecule has 0 saturated carbocycles. The summed E-state index contributed by atoms with van der Waals surface area (Å²) in [5, 5.41) is 3.39. The van der Waals surface area contributed by atoms with Gasteiger partial charge < -0.3 is 30.0 Å². The first kappa shape index (κ1) is 26.2. The maximum Gasteiger partial charge on any atom is 0.419 e. The van der Waals surface area contributed by atoms with Crippen LogP contribution in [0, 0.1) is 12.7 Å². The highest BCUT2D eigenvalue weighted by atomic mass is 19.4. The molecule has 0 unspecified atom stereocenters. The van der Waals surface area contributed by atoms with E-state index >= 15 is 0 Å². The number of hydrogen-bond donors (Lipinski definition) is 2. The van der Waals surface area contributed by atoms with Crippen LogP contribution in [0.15, 0.2) is 24.3 Å². The molecule has 0 radical (unpaired) electrons. The Morgan fingerprint density at radius 1 is 1.00 bits per heavy atom. The summed E-state index contributed by atoms with van der Waals surface area (Å²) in [6, 6.07) is 4.98. The number of benzene rings is 2. The van der Waals surface area contributed by atoms with Gasteiger partial charge in [-0.25, -0.2) is 14.4 Å². The van der Waals surface area contributed by atoms with E-state index in [1.54, 1.807) is 19.1 Å². The van der Waals surface area contributed by atoms with Crippen LogP contribution in [0.1, 0.15) is 17.0 Å². The van der Waals surface area contributed by atoms with Crippen LogP contribution in [0.5, 0.6) is 11.5 Å². The molecular weight excluding hydrogens is 472 g/mol. The first-order valence-corrected chi connectivity index (χ1v) is 10.5. The maximum absolute atomic E-state index is 14.6. The number of nitrogens with one attached hydrogen (secondary N) is 1. The number of fused-ring (bicyclic) bond motifs is 1. The summed E-state index contributed by atoms with van der Waals surface area (Å²) in [5.41, 5.74) is 4.18. The third-order valence-electron chi connectivity index (χ3n) is 5.01. The van der Waals surface area contributed by atoms with Crippen molar-refractivity contribution in [2.24, 2.45) is 0 Å². The van der Waals surface area contributed by atoms with Crippen LogP contribution < -0.4 is 20.5 Å². The van der Waals surface area contributed by atoms with Gasteiger partial charge in [0.1, 0.15) is 23.6 Å². The molecule has 1 aromatic heterocycles. The number of ether oxygens (including phenoxy) is 4. The number of hydrogen-bond acceptors (Lipinski definition) is 8. The fourth-order valence-electron chi connectivity index (χ4n) is 3.53. The monoisotopic (exact) mass is 498 g/mol. The van der Waals surface area contributed by atoms with Crippen molar-refractivity contribution in [3.8, 4) is 11.5 Å². The summed E-state index contributed by atoms with van der Waals surface area (Å²) < 4.78 is 75.9. The van der Waals surface area contributed by atoms with Gasteiger partial charge in [0.2, 0.25) is 0 Å². The van der Waals surface area contributed by atoms with Gasteiger partial charge in [0.15, 0.2) is 11.5 Å². The number of methoxy groups -OCH3 is 3. The van der Waals surface area contributed by atoms with E-state index in [0.29, 0.717) is 34.3 Å². The number of nitrogens with two attached hydrogens (primary N) is 1. The fourth-order valence-corrected chi connectivity index (χ4v) is 3.53. The molecule has 0 spiro atoms. The number of rotatable bonds is 10. The van der Waals surface area contributed by atoms with Gasteiger partial charge >= 0.3 is 6.18 Å². The zero-order valence-corrected chi connectivity index (χ0v) is 19.6. The van der Waals surface area contributed by atoms with Crippen molar-refractivity contribution < 1.29 is 36.5 Å². The minimum Gasteiger partial charge on any atom is -0.493 e. The van der Waals surface area contributed by atoms with Gasteiger partial charge in [0.25, 0.3) is 0 Å². The predicted octanol–water partition coefficient (Wildman–Crippen LogP) is 4.34. The summed E-state index contributed by atoms with van der Waals surface area (Å²) >= 11 is 0. The molecule has 3 rings (SSSR count). The van der Waals surface area contributed by atoms with Crippen LogP contribution in [0.4, 0.5) is 29.1 Å². The first-order valence-electron chi connectivity index (χ1n) is 10.5. The smallest absolute Gasteiger partial charge is 0.419 e. The van der Waals surface area contributed by atoms with Crippen molar-refractivity contribution in [3.05, 3.63) is 47.0 Å². The zero-order chi connectivity index (χ0) is 25.8. The van der Waals surface area contributed by atoms with Gasteiger partial charge in [-0.05, 0) is 25.1 Å². The number of aromatic nitrogens is 2. The summed E-state index contributed by atoms with van der Waals surface area (Å²) in [6.45, 7) is 1.85. The molecule has 1 heterocycles. The molecule has 3 N–H and O–H groups in total. The Hall–Kier alpha value is -3.38. The Bertz CT molecular complexity index is 1180. The molecule has 0 aliphatic rings. The molecular formula is C23H26F4N4O4. The molecule has 35 heavy (non-hydrogen) atoms. The number of nitrogen functional groups attached to an aromatic ring is 1. The van der Waals surface area contributed by atoms with E-state index in [9.17, 15) is 17.6 Å². The third kappa shape index (κ3) is 6.20. The van der Waals surface area contributed by atoms with Gasteiger partial charge in [0.05, 0.1) is 31.4 Å². The topological polar surface area (TPSA) is 101 Å². The molecule has 0 amide bonds. The molecule has 0 bridgehead atoms. The fraction of sp³-hybridized carbons (Fsp3) is 0.391. The van der Waals surface area contributed by atoms with Gasteiger partial charge in [-0.3, -0.25) is 0 Å². The average molecular weight is 498 g/mol. The molecule has 0 aliphatic heterocycles. The number of alkyl halides is 3. The van der Waals surface area contributed by atoms with E-state index in [1.165, 1.54) is 21.3 Å². The normalized spacial score (nSPS) is 11.8. The van der Waals surface area contributed by atoms with Gasteiger partial charge in [-0.15, -0.1) is 0 Å². The standard InChI is InChI=1S/C23H26F4N4O4/c1-12-30-18-8-19(34-4)20(35-15(10-32-2)11-33-3)7-16(18)22(31-12)29-9-13-5-14(28)6-17(21(13)24)23(25,26)27/h5-8,15H,9-11,28H2,1-4H3,(H,29,30,31). The van der Waals surface area contributed by atoms with E-state index in [2.05, 4.69) is 15.3 Å². The third-order valence-corrected chi connectivity index (χ3v) is 5.01. The van der Waals surface area contributed by atoms with Crippen molar-refractivity contribution in [3.63, 3.8) is 0 Å². The van der Waals surface area contributed by atoms with Gasteiger partial charge in [0, 0.05) is 43.5 Å². The van der Waals surface area contributed by atoms with Crippen molar-refractivity contribution in [2.45, 2.75) is 25.7 Å². The number of halogens is 4. The van der Waals surface area contributed by atoms with Crippen molar-refractivity contribution in [1.29, 1.82) is 0 Å². The maximum atomic E-state index is 14.6. The lowest BCUT2D eigenvalue weighted by molar-refractivity contribution is -0.140. The highest BCUT2D eigenvalue weighted by Crippen LogP contribution is 2.36. The van der Waals surface area contributed by atoms with E-state index < -0.39 is 23.7 Å². The second-order valence-electron chi connectivity index (χ2n) is 7.68. The Kier molecular flexibility index (Phi) is 8.18. The van der Waals surface area contributed by atoms with Crippen LogP contribution in [-0.2, 0) is 22.2 Å². The highest BCUT2D eigenvalue weighted by molar-refractivity contribution is 5.91. The lowest BCUT2D eigenvalue weighted by Crippen LogP contribution is -2.27. The number of aryl methyl sites for hydroxylation is 1. The average Bonchev–Trinajstić information content (AvgIpc) is 2.78.